The van der Waals surface area contributed by atoms with Crippen molar-refractivity contribution < 1.29 is 4.39 Å². The molecule has 0 saturated carbocycles. The van der Waals surface area contributed by atoms with Crippen LogP contribution in [-0.4, -0.2) is 6.54 Å². The first kappa shape index (κ1) is 14.3. The fraction of sp³-hybridized carbons (Fsp3) is 0.529. The molecule has 1 aromatic rings. The molecule has 19 heavy (non-hydrogen) atoms. The number of benzene rings is 1. The van der Waals surface area contributed by atoms with E-state index in [1.165, 1.54) is 31.3 Å². The van der Waals surface area contributed by atoms with Crippen LogP contribution in [0.3, 0.4) is 0 Å². The average molecular weight is 261 g/mol. The SMILES string of the molecule is CCNC(/C1=C/CCCCCC1)c1ccccc1F. The van der Waals surface area contributed by atoms with E-state index in [0.717, 1.165) is 24.9 Å². The van der Waals surface area contributed by atoms with Crippen LogP contribution in [0.2, 0.25) is 0 Å². The van der Waals surface area contributed by atoms with Crippen LogP contribution in [0.25, 0.3) is 0 Å². The molecule has 0 heterocycles. The summed E-state index contributed by atoms with van der Waals surface area (Å²) >= 11 is 0. The minimum atomic E-state index is -0.101. The van der Waals surface area contributed by atoms with Gasteiger partial charge in [0.1, 0.15) is 5.82 Å². The Balaban J connectivity index is 2.25. The highest BCUT2D eigenvalue weighted by atomic mass is 19.1. The van der Waals surface area contributed by atoms with Gasteiger partial charge in [-0.1, -0.05) is 49.6 Å². The molecule has 0 saturated heterocycles. The molecule has 2 rings (SSSR count). The lowest BCUT2D eigenvalue weighted by Crippen LogP contribution is -2.24. The van der Waals surface area contributed by atoms with Gasteiger partial charge < -0.3 is 5.32 Å². The third-order valence-corrected chi connectivity index (χ3v) is 3.82. The van der Waals surface area contributed by atoms with Crippen molar-refractivity contribution in [2.45, 2.75) is 51.5 Å². The van der Waals surface area contributed by atoms with Gasteiger partial charge >= 0.3 is 0 Å². The molecule has 0 aliphatic heterocycles. The Kier molecular flexibility index (Phi) is 5.59. The summed E-state index contributed by atoms with van der Waals surface area (Å²) in [4.78, 5) is 0. The zero-order valence-electron chi connectivity index (χ0n) is 11.8. The lowest BCUT2D eigenvalue weighted by atomic mass is 9.90. The van der Waals surface area contributed by atoms with Gasteiger partial charge in [0.2, 0.25) is 0 Å². The quantitative estimate of drug-likeness (QED) is 0.771. The van der Waals surface area contributed by atoms with Gasteiger partial charge in [-0.3, -0.25) is 0 Å². The molecule has 0 spiro atoms. The number of halogens is 1. The first-order chi connectivity index (χ1) is 9.33. The van der Waals surface area contributed by atoms with Gasteiger partial charge in [-0.15, -0.1) is 0 Å². The molecule has 0 aromatic heterocycles. The van der Waals surface area contributed by atoms with Gasteiger partial charge in [0.15, 0.2) is 0 Å². The van der Waals surface area contributed by atoms with E-state index >= 15 is 0 Å². The number of rotatable bonds is 4. The normalized spacial score (nSPS) is 21.1. The van der Waals surface area contributed by atoms with Crippen molar-refractivity contribution in [2.75, 3.05) is 6.54 Å². The van der Waals surface area contributed by atoms with Gasteiger partial charge in [-0.25, -0.2) is 4.39 Å². The first-order valence-electron chi connectivity index (χ1n) is 7.49. The molecule has 1 aliphatic rings. The van der Waals surface area contributed by atoms with Crippen LogP contribution in [0.1, 0.15) is 57.1 Å². The van der Waals surface area contributed by atoms with E-state index in [1.807, 2.05) is 12.1 Å². The average Bonchev–Trinajstić information content (AvgIpc) is 2.37. The zero-order chi connectivity index (χ0) is 13.5. The van der Waals surface area contributed by atoms with Crippen molar-refractivity contribution in [3.8, 4) is 0 Å². The number of allylic oxidation sites excluding steroid dienone is 1. The van der Waals surface area contributed by atoms with Gasteiger partial charge in [0, 0.05) is 5.56 Å². The van der Waals surface area contributed by atoms with E-state index in [0.29, 0.717) is 0 Å². The van der Waals surface area contributed by atoms with Crippen molar-refractivity contribution >= 4 is 0 Å². The highest BCUT2D eigenvalue weighted by molar-refractivity contribution is 5.29. The summed E-state index contributed by atoms with van der Waals surface area (Å²) in [5, 5.41) is 3.45. The van der Waals surface area contributed by atoms with E-state index in [9.17, 15) is 4.39 Å². The predicted octanol–water partition coefficient (Wildman–Crippen LogP) is 4.76. The van der Waals surface area contributed by atoms with E-state index in [4.69, 9.17) is 0 Å². The molecule has 0 bridgehead atoms. The Morgan fingerprint density at radius 3 is 2.74 bits per heavy atom. The standard InChI is InChI=1S/C17H24FN/c1-2-19-17(15-12-8-9-13-16(15)18)14-10-6-4-3-5-7-11-14/h8-10,12-13,17,19H,2-7,11H2,1H3/b14-10+. The van der Waals surface area contributed by atoms with Crippen LogP contribution >= 0.6 is 0 Å². The summed E-state index contributed by atoms with van der Waals surface area (Å²) in [6.07, 6.45) is 9.67. The summed E-state index contributed by atoms with van der Waals surface area (Å²) < 4.78 is 14.0. The molecule has 0 fully saturated rings. The van der Waals surface area contributed by atoms with Gasteiger partial charge in [-0.2, -0.15) is 0 Å². The maximum absolute atomic E-state index is 14.0. The molecular weight excluding hydrogens is 237 g/mol. The van der Waals surface area contributed by atoms with Crippen molar-refractivity contribution in [1.82, 2.24) is 5.32 Å². The largest absolute Gasteiger partial charge is 0.307 e. The van der Waals surface area contributed by atoms with E-state index in [1.54, 1.807) is 12.1 Å². The van der Waals surface area contributed by atoms with E-state index in [-0.39, 0.29) is 11.9 Å². The zero-order valence-corrected chi connectivity index (χ0v) is 11.8. The fourth-order valence-corrected chi connectivity index (χ4v) is 2.83. The van der Waals surface area contributed by atoms with Crippen LogP contribution in [0.4, 0.5) is 4.39 Å². The molecular formula is C17H24FN. The van der Waals surface area contributed by atoms with Crippen LogP contribution in [0.15, 0.2) is 35.9 Å². The molecule has 1 unspecified atom stereocenters. The molecule has 1 N–H and O–H groups in total. The summed E-state index contributed by atoms with van der Waals surface area (Å²) in [6, 6.07) is 7.19. The fourth-order valence-electron chi connectivity index (χ4n) is 2.83. The predicted molar refractivity (Wildman–Crippen MR) is 78.6 cm³/mol. The number of nitrogens with one attached hydrogen (secondary N) is 1. The van der Waals surface area contributed by atoms with Crippen LogP contribution in [0.5, 0.6) is 0 Å². The third-order valence-electron chi connectivity index (χ3n) is 3.82. The summed E-state index contributed by atoms with van der Waals surface area (Å²) in [5.74, 6) is -0.101. The van der Waals surface area contributed by atoms with E-state index < -0.39 is 0 Å². The van der Waals surface area contributed by atoms with Gasteiger partial charge in [-0.05, 0) is 38.3 Å². The third kappa shape index (κ3) is 3.90. The molecule has 104 valence electrons. The Morgan fingerprint density at radius 2 is 1.95 bits per heavy atom. The number of hydrogen-bond donors (Lipinski definition) is 1. The second-order valence-electron chi connectivity index (χ2n) is 5.24. The van der Waals surface area contributed by atoms with Crippen molar-refractivity contribution in [3.05, 3.63) is 47.3 Å². The van der Waals surface area contributed by atoms with Gasteiger partial charge in [0.25, 0.3) is 0 Å². The highest BCUT2D eigenvalue weighted by Crippen LogP contribution is 2.30. The Labute approximate surface area is 115 Å². The molecule has 0 radical (unpaired) electrons. The second kappa shape index (κ2) is 7.44. The summed E-state index contributed by atoms with van der Waals surface area (Å²) in [6.45, 7) is 2.94. The Hall–Kier alpha value is -1.15. The van der Waals surface area contributed by atoms with Crippen LogP contribution in [-0.2, 0) is 0 Å². The van der Waals surface area contributed by atoms with Crippen LogP contribution < -0.4 is 5.32 Å². The van der Waals surface area contributed by atoms with Gasteiger partial charge in [0.05, 0.1) is 6.04 Å². The first-order valence-corrected chi connectivity index (χ1v) is 7.49. The summed E-state index contributed by atoms with van der Waals surface area (Å²) in [5.41, 5.74) is 2.16. The topological polar surface area (TPSA) is 12.0 Å². The molecule has 2 heteroatoms. The maximum atomic E-state index is 14.0. The minimum absolute atomic E-state index is 0.0456. The summed E-state index contributed by atoms with van der Waals surface area (Å²) in [7, 11) is 0. The molecule has 1 aliphatic carbocycles. The lowest BCUT2D eigenvalue weighted by Gasteiger charge is -2.24. The number of hydrogen-bond acceptors (Lipinski definition) is 1. The molecule has 1 atom stereocenters. The lowest BCUT2D eigenvalue weighted by molar-refractivity contribution is 0.524. The van der Waals surface area contributed by atoms with E-state index in [2.05, 4.69) is 18.3 Å². The maximum Gasteiger partial charge on any atom is 0.128 e. The molecule has 1 nitrogen and oxygen atoms in total. The second-order valence-corrected chi connectivity index (χ2v) is 5.24. The monoisotopic (exact) mass is 261 g/mol. The Bertz CT molecular complexity index is 425. The highest BCUT2D eigenvalue weighted by Gasteiger charge is 2.19. The van der Waals surface area contributed by atoms with Crippen molar-refractivity contribution in [3.63, 3.8) is 0 Å². The van der Waals surface area contributed by atoms with Crippen LogP contribution in [0, 0.1) is 5.82 Å². The molecule has 1 aromatic carbocycles. The minimum Gasteiger partial charge on any atom is -0.307 e. The number of likely N-dealkylation sites (N-methyl/N-ethyl adjacent to an activating group) is 1. The molecule has 0 amide bonds. The van der Waals surface area contributed by atoms with Crippen molar-refractivity contribution in [2.24, 2.45) is 0 Å². The Morgan fingerprint density at radius 1 is 1.16 bits per heavy atom. The van der Waals surface area contributed by atoms with Crippen molar-refractivity contribution in [1.29, 1.82) is 0 Å². The smallest absolute Gasteiger partial charge is 0.128 e.